The van der Waals surface area contributed by atoms with E-state index in [-0.39, 0.29) is 6.42 Å². The van der Waals surface area contributed by atoms with Crippen LogP contribution in [0.25, 0.3) is 0 Å². The SMILES string of the molecule is O=C(O)Cc1csc([AsH2])n1. The van der Waals surface area contributed by atoms with Crippen LogP contribution in [0.3, 0.4) is 0 Å². The van der Waals surface area contributed by atoms with Crippen molar-refractivity contribution < 1.29 is 9.90 Å². The second-order valence-electron chi connectivity index (χ2n) is 1.75. The third kappa shape index (κ3) is 2.12. The third-order valence-electron chi connectivity index (χ3n) is 0.902. The summed E-state index contributed by atoms with van der Waals surface area (Å²) in [6.45, 7) is 0. The molecule has 1 aromatic heterocycles. The fourth-order valence-corrected chi connectivity index (χ4v) is 1.90. The quantitative estimate of drug-likeness (QED) is 0.651. The molecule has 1 rings (SSSR count). The van der Waals surface area contributed by atoms with Crippen LogP contribution in [0.15, 0.2) is 5.38 Å². The molecular formula is C5H6AsNO2S. The molecule has 1 unspecified atom stereocenters. The van der Waals surface area contributed by atoms with E-state index in [1.807, 2.05) is 0 Å². The summed E-state index contributed by atoms with van der Waals surface area (Å²) in [5.74, 6) is -0.821. The van der Waals surface area contributed by atoms with Gasteiger partial charge in [0.1, 0.15) is 0 Å². The summed E-state index contributed by atoms with van der Waals surface area (Å²) >= 11 is 2.93. The van der Waals surface area contributed by atoms with Gasteiger partial charge in [-0.2, -0.15) is 0 Å². The molecule has 1 aromatic rings. The van der Waals surface area contributed by atoms with E-state index in [2.05, 4.69) is 4.98 Å². The molecule has 0 aromatic carbocycles. The minimum atomic E-state index is -0.821. The summed E-state index contributed by atoms with van der Waals surface area (Å²) in [6, 6.07) is 0. The van der Waals surface area contributed by atoms with Crippen molar-refractivity contribution in [2.45, 2.75) is 6.42 Å². The summed E-state index contributed by atoms with van der Waals surface area (Å²) in [5, 5.41) is 10.1. The fraction of sp³-hybridized carbons (Fsp3) is 0.200. The van der Waals surface area contributed by atoms with Crippen LogP contribution in [-0.4, -0.2) is 32.9 Å². The normalized spacial score (nSPS) is 9.70. The van der Waals surface area contributed by atoms with Gasteiger partial charge in [0.25, 0.3) is 0 Å². The average molecular weight is 219 g/mol. The Balaban J connectivity index is 2.67. The van der Waals surface area contributed by atoms with Crippen LogP contribution in [0.1, 0.15) is 5.69 Å². The van der Waals surface area contributed by atoms with Gasteiger partial charge in [0.2, 0.25) is 0 Å². The van der Waals surface area contributed by atoms with Crippen LogP contribution in [-0.2, 0) is 11.2 Å². The maximum atomic E-state index is 10.1. The molecule has 5 heteroatoms. The number of carboxylic acid groups (broad SMARTS) is 1. The molecule has 1 N–H and O–H groups in total. The second kappa shape index (κ2) is 3.17. The van der Waals surface area contributed by atoms with Gasteiger partial charge in [-0.15, -0.1) is 0 Å². The zero-order valence-electron chi connectivity index (χ0n) is 5.07. The van der Waals surface area contributed by atoms with E-state index < -0.39 is 5.97 Å². The van der Waals surface area contributed by atoms with E-state index in [4.69, 9.17) is 5.11 Å². The van der Waals surface area contributed by atoms with E-state index in [1.54, 1.807) is 5.38 Å². The Morgan fingerprint density at radius 1 is 1.90 bits per heavy atom. The van der Waals surface area contributed by atoms with E-state index in [1.165, 1.54) is 28.2 Å². The Labute approximate surface area is 70.6 Å². The Morgan fingerprint density at radius 3 is 3.00 bits per heavy atom. The summed E-state index contributed by atoms with van der Waals surface area (Å²) in [6.07, 6.45) is 0.0421. The first-order valence-corrected chi connectivity index (χ1v) is 4.69. The van der Waals surface area contributed by atoms with Gasteiger partial charge in [-0.25, -0.2) is 0 Å². The number of carboxylic acids is 1. The number of aromatic nitrogens is 1. The van der Waals surface area contributed by atoms with Crippen LogP contribution in [0, 0.1) is 0 Å². The molecule has 0 aliphatic carbocycles. The predicted octanol–water partition coefficient (Wildman–Crippen LogP) is -0.971. The van der Waals surface area contributed by atoms with Crippen LogP contribution in [0.2, 0.25) is 0 Å². The first-order valence-electron chi connectivity index (χ1n) is 2.60. The zero-order chi connectivity index (χ0) is 7.56. The topological polar surface area (TPSA) is 50.2 Å². The molecule has 0 bridgehead atoms. The standard InChI is InChI=1S/C5H6AsNO2S/c6-5-7-3(2-10-5)1-4(8)9/h2H,1,6H2,(H,8,9). The van der Waals surface area contributed by atoms with E-state index in [0.29, 0.717) is 5.69 Å². The number of hydrogen-bond donors (Lipinski definition) is 1. The van der Waals surface area contributed by atoms with E-state index in [0.717, 1.165) is 3.80 Å². The van der Waals surface area contributed by atoms with Crippen molar-refractivity contribution in [3.63, 3.8) is 0 Å². The molecule has 0 spiro atoms. The van der Waals surface area contributed by atoms with Gasteiger partial charge in [-0.1, -0.05) is 0 Å². The first kappa shape index (κ1) is 7.76. The molecule has 0 saturated heterocycles. The molecule has 54 valence electrons. The van der Waals surface area contributed by atoms with Gasteiger partial charge in [-0.3, -0.25) is 0 Å². The van der Waals surface area contributed by atoms with Gasteiger partial charge < -0.3 is 0 Å². The van der Waals surface area contributed by atoms with Crippen molar-refractivity contribution in [2.24, 2.45) is 0 Å². The van der Waals surface area contributed by atoms with E-state index >= 15 is 0 Å². The van der Waals surface area contributed by atoms with Crippen molar-refractivity contribution in [2.75, 3.05) is 0 Å². The number of rotatable bonds is 2. The number of carbonyl (C=O) groups is 1. The van der Waals surface area contributed by atoms with Crippen molar-refractivity contribution in [3.8, 4) is 0 Å². The number of aliphatic carboxylic acids is 1. The second-order valence-corrected chi connectivity index (χ2v) is 4.66. The van der Waals surface area contributed by atoms with Crippen molar-refractivity contribution >= 4 is 38.0 Å². The monoisotopic (exact) mass is 219 g/mol. The number of hydrogen-bond acceptors (Lipinski definition) is 3. The van der Waals surface area contributed by atoms with Crippen LogP contribution < -0.4 is 3.80 Å². The molecule has 1 heterocycles. The van der Waals surface area contributed by atoms with Crippen LogP contribution >= 0.6 is 11.3 Å². The van der Waals surface area contributed by atoms with Gasteiger partial charge in [0.05, 0.1) is 0 Å². The first-order chi connectivity index (χ1) is 4.68. The van der Waals surface area contributed by atoms with Gasteiger partial charge >= 0.3 is 70.3 Å². The summed E-state index contributed by atoms with van der Waals surface area (Å²) in [7, 11) is 0. The molecule has 10 heavy (non-hydrogen) atoms. The molecule has 0 fully saturated rings. The van der Waals surface area contributed by atoms with Crippen molar-refractivity contribution in [1.82, 2.24) is 4.98 Å². The molecule has 3 nitrogen and oxygen atoms in total. The fourth-order valence-electron chi connectivity index (χ4n) is 0.559. The Hall–Kier alpha value is -0.342. The molecule has 0 aliphatic rings. The summed E-state index contributed by atoms with van der Waals surface area (Å²) < 4.78 is 0.976. The molecule has 0 radical (unpaired) electrons. The zero-order valence-corrected chi connectivity index (χ0v) is 8.31. The molecule has 0 saturated carbocycles. The Kier molecular flexibility index (Phi) is 2.46. The van der Waals surface area contributed by atoms with Crippen LogP contribution in [0.5, 0.6) is 0 Å². The third-order valence-corrected chi connectivity index (χ3v) is 2.75. The Bertz CT molecular complexity index is 248. The van der Waals surface area contributed by atoms with Crippen LogP contribution in [0.4, 0.5) is 0 Å². The summed E-state index contributed by atoms with van der Waals surface area (Å²) in [4.78, 5) is 14.2. The van der Waals surface area contributed by atoms with Gasteiger partial charge in [0, 0.05) is 0 Å². The average Bonchev–Trinajstić information content (AvgIpc) is 2.13. The molecular weight excluding hydrogens is 213 g/mol. The van der Waals surface area contributed by atoms with Gasteiger partial charge in [-0.05, 0) is 0 Å². The predicted molar refractivity (Wildman–Crippen MR) is 41.6 cm³/mol. The van der Waals surface area contributed by atoms with Crippen molar-refractivity contribution in [3.05, 3.63) is 11.1 Å². The van der Waals surface area contributed by atoms with E-state index in [9.17, 15) is 4.79 Å². The molecule has 0 aliphatic heterocycles. The summed E-state index contributed by atoms with van der Waals surface area (Å²) in [5.41, 5.74) is 0.664. The Morgan fingerprint density at radius 2 is 2.60 bits per heavy atom. The van der Waals surface area contributed by atoms with Crippen molar-refractivity contribution in [1.29, 1.82) is 0 Å². The van der Waals surface area contributed by atoms with Gasteiger partial charge in [0.15, 0.2) is 0 Å². The number of nitrogens with zero attached hydrogens (tertiary/aromatic N) is 1. The minimum absolute atomic E-state index is 0.0421. The maximum absolute atomic E-state index is 10.1. The number of thiazole rings is 1. The molecule has 0 amide bonds. The molecule has 1 atom stereocenters.